The van der Waals surface area contributed by atoms with Gasteiger partial charge in [0.15, 0.2) is 15.5 Å². The number of nitrogens with zero attached hydrogens (tertiary/aromatic N) is 3. The highest BCUT2D eigenvalue weighted by molar-refractivity contribution is 7.91. The molecule has 0 aliphatic carbocycles. The summed E-state index contributed by atoms with van der Waals surface area (Å²) in [4.78, 5) is 27.2. The average molecular weight is 377 g/mol. The van der Waals surface area contributed by atoms with Gasteiger partial charge in [-0.2, -0.15) is 5.10 Å². The van der Waals surface area contributed by atoms with Crippen molar-refractivity contribution in [2.24, 2.45) is 5.92 Å². The van der Waals surface area contributed by atoms with Crippen LogP contribution in [0.5, 0.6) is 0 Å². The minimum atomic E-state index is -3.10. The molecule has 1 aliphatic heterocycles. The summed E-state index contributed by atoms with van der Waals surface area (Å²) in [6.45, 7) is 4.35. The van der Waals surface area contributed by atoms with E-state index in [-0.39, 0.29) is 40.6 Å². The molecule has 140 valence electrons. The Morgan fingerprint density at radius 3 is 2.54 bits per heavy atom. The summed E-state index contributed by atoms with van der Waals surface area (Å²) in [5, 5.41) is 5.27. The Morgan fingerprint density at radius 2 is 1.96 bits per heavy atom. The number of sulfone groups is 1. The topological polar surface area (TPSA) is 89.3 Å². The van der Waals surface area contributed by atoms with Crippen LogP contribution in [0.3, 0.4) is 0 Å². The summed E-state index contributed by atoms with van der Waals surface area (Å²) in [7, 11) is -1.50. The highest BCUT2D eigenvalue weighted by Gasteiger charge is 2.34. The molecule has 1 fully saturated rings. The Hall–Kier alpha value is -2.22. The minimum absolute atomic E-state index is 0.0290. The molecule has 0 spiro atoms. The molecule has 3 rings (SSSR count). The summed E-state index contributed by atoms with van der Waals surface area (Å²) in [5.74, 6) is -0.0995. The van der Waals surface area contributed by atoms with Crippen molar-refractivity contribution in [3.63, 3.8) is 0 Å². The molecule has 0 radical (unpaired) electrons. The van der Waals surface area contributed by atoms with Crippen LogP contribution in [-0.4, -0.2) is 53.6 Å². The molecule has 1 aliphatic rings. The van der Waals surface area contributed by atoms with Crippen molar-refractivity contribution in [1.82, 2.24) is 14.7 Å². The van der Waals surface area contributed by atoms with Crippen LogP contribution in [0, 0.1) is 5.92 Å². The molecule has 1 aromatic heterocycles. The molecule has 1 saturated heterocycles. The lowest BCUT2D eigenvalue weighted by Crippen LogP contribution is -2.39. The zero-order valence-electron chi connectivity index (χ0n) is 15.2. The molecule has 2 aromatic rings. The molecule has 8 heteroatoms. The van der Waals surface area contributed by atoms with Gasteiger partial charge in [0, 0.05) is 25.0 Å². The van der Waals surface area contributed by atoms with E-state index in [2.05, 4.69) is 5.10 Å². The zero-order valence-corrected chi connectivity index (χ0v) is 16.0. The van der Waals surface area contributed by atoms with Gasteiger partial charge in [0.1, 0.15) is 0 Å². The van der Waals surface area contributed by atoms with Crippen molar-refractivity contribution in [3.05, 3.63) is 40.3 Å². The number of rotatable bonds is 4. The van der Waals surface area contributed by atoms with Gasteiger partial charge < -0.3 is 4.90 Å². The third kappa shape index (κ3) is 3.51. The number of hydrogen-bond acceptors (Lipinski definition) is 5. The summed E-state index contributed by atoms with van der Waals surface area (Å²) < 4.78 is 24.8. The number of fused-ring (bicyclic) bond motifs is 1. The first-order chi connectivity index (χ1) is 12.2. The number of carbonyl (C=O) groups is 1. The SMILES string of the molecule is CC(C)Cn1nc(C(=O)N(C)C2CCS(=O)(=O)C2)c2ccccc2c1=O. The molecular formula is C18H23N3O4S. The largest absolute Gasteiger partial charge is 0.336 e. The van der Waals surface area contributed by atoms with Gasteiger partial charge in [0.05, 0.1) is 16.9 Å². The quantitative estimate of drug-likeness (QED) is 0.801. The van der Waals surface area contributed by atoms with Crippen molar-refractivity contribution in [2.45, 2.75) is 32.9 Å². The maximum atomic E-state index is 13.1. The van der Waals surface area contributed by atoms with E-state index in [1.807, 2.05) is 13.8 Å². The van der Waals surface area contributed by atoms with E-state index < -0.39 is 9.84 Å². The normalized spacial score (nSPS) is 19.2. The Labute approximate surface area is 152 Å². The Kier molecular flexibility index (Phi) is 4.88. The van der Waals surface area contributed by atoms with Crippen molar-refractivity contribution >= 4 is 26.5 Å². The number of amides is 1. The van der Waals surface area contributed by atoms with E-state index in [4.69, 9.17) is 0 Å². The summed E-state index contributed by atoms with van der Waals surface area (Å²) in [5.41, 5.74) is -0.0374. The maximum Gasteiger partial charge on any atom is 0.274 e. The van der Waals surface area contributed by atoms with Gasteiger partial charge >= 0.3 is 0 Å². The molecule has 26 heavy (non-hydrogen) atoms. The highest BCUT2D eigenvalue weighted by Crippen LogP contribution is 2.21. The van der Waals surface area contributed by atoms with Crippen molar-refractivity contribution in [1.29, 1.82) is 0 Å². The first-order valence-electron chi connectivity index (χ1n) is 8.67. The monoisotopic (exact) mass is 377 g/mol. The lowest BCUT2D eigenvalue weighted by atomic mass is 10.1. The molecular weight excluding hydrogens is 354 g/mol. The van der Waals surface area contributed by atoms with Gasteiger partial charge in [-0.1, -0.05) is 32.0 Å². The fraction of sp³-hybridized carbons (Fsp3) is 0.500. The Balaban J connectivity index is 2.07. The predicted octanol–water partition coefficient (Wildman–Crippen LogP) is 1.31. The van der Waals surface area contributed by atoms with Gasteiger partial charge in [0.2, 0.25) is 0 Å². The average Bonchev–Trinajstić information content (AvgIpc) is 2.96. The van der Waals surface area contributed by atoms with E-state index in [0.29, 0.717) is 23.7 Å². The van der Waals surface area contributed by atoms with Crippen LogP contribution in [0.25, 0.3) is 10.8 Å². The predicted molar refractivity (Wildman–Crippen MR) is 100.0 cm³/mol. The fourth-order valence-electron chi connectivity index (χ4n) is 3.28. The van der Waals surface area contributed by atoms with E-state index in [0.717, 1.165) is 0 Å². The zero-order chi connectivity index (χ0) is 19.1. The molecule has 0 saturated carbocycles. The van der Waals surface area contributed by atoms with Crippen LogP contribution in [0.15, 0.2) is 29.1 Å². The fourth-order valence-corrected chi connectivity index (χ4v) is 5.05. The second-order valence-electron chi connectivity index (χ2n) is 7.25. The molecule has 1 unspecified atom stereocenters. The third-order valence-corrected chi connectivity index (χ3v) is 6.44. The first kappa shape index (κ1) is 18.6. The molecule has 0 N–H and O–H groups in total. The van der Waals surface area contributed by atoms with Gasteiger partial charge in [-0.05, 0) is 18.4 Å². The third-order valence-electron chi connectivity index (χ3n) is 4.68. The lowest BCUT2D eigenvalue weighted by Gasteiger charge is -2.24. The summed E-state index contributed by atoms with van der Waals surface area (Å²) >= 11 is 0. The molecule has 7 nitrogen and oxygen atoms in total. The Morgan fingerprint density at radius 1 is 1.31 bits per heavy atom. The standard InChI is InChI=1S/C18H23N3O4S/c1-12(2)10-21-17(22)15-7-5-4-6-14(15)16(19-21)18(23)20(3)13-8-9-26(24,25)11-13/h4-7,12-13H,8-11H2,1-3H3. The van der Waals surface area contributed by atoms with Crippen molar-refractivity contribution < 1.29 is 13.2 Å². The van der Waals surface area contributed by atoms with Gasteiger partial charge in [-0.25, -0.2) is 13.1 Å². The van der Waals surface area contributed by atoms with E-state index in [9.17, 15) is 18.0 Å². The van der Waals surface area contributed by atoms with Crippen LogP contribution in [0.1, 0.15) is 30.8 Å². The van der Waals surface area contributed by atoms with Gasteiger partial charge in [0.25, 0.3) is 11.5 Å². The highest BCUT2D eigenvalue weighted by atomic mass is 32.2. The Bertz CT molecular complexity index is 1010. The van der Waals surface area contributed by atoms with E-state index >= 15 is 0 Å². The summed E-state index contributed by atoms with van der Waals surface area (Å²) in [6.07, 6.45) is 0.425. The molecule has 0 bridgehead atoms. The van der Waals surface area contributed by atoms with Gasteiger partial charge in [-0.15, -0.1) is 0 Å². The molecule has 1 amide bonds. The smallest absolute Gasteiger partial charge is 0.274 e. The maximum absolute atomic E-state index is 13.1. The van der Waals surface area contributed by atoms with E-state index in [1.54, 1.807) is 31.3 Å². The van der Waals surface area contributed by atoms with Crippen molar-refractivity contribution in [3.8, 4) is 0 Å². The number of hydrogen-bond donors (Lipinski definition) is 0. The van der Waals surface area contributed by atoms with Crippen LogP contribution in [0.2, 0.25) is 0 Å². The van der Waals surface area contributed by atoms with E-state index in [1.165, 1.54) is 9.58 Å². The van der Waals surface area contributed by atoms with Crippen LogP contribution < -0.4 is 5.56 Å². The molecule has 1 atom stereocenters. The van der Waals surface area contributed by atoms with Gasteiger partial charge in [-0.3, -0.25) is 9.59 Å². The number of carbonyl (C=O) groups excluding carboxylic acids is 1. The van der Waals surface area contributed by atoms with Crippen LogP contribution in [-0.2, 0) is 16.4 Å². The summed E-state index contributed by atoms with van der Waals surface area (Å²) in [6, 6.07) is 6.54. The minimum Gasteiger partial charge on any atom is -0.336 e. The van der Waals surface area contributed by atoms with Crippen LogP contribution >= 0.6 is 0 Å². The second kappa shape index (κ2) is 6.83. The lowest BCUT2D eigenvalue weighted by molar-refractivity contribution is 0.0741. The molecule has 2 heterocycles. The number of aromatic nitrogens is 2. The van der Waals surface area contributed by atoms with Crippen LogP contribution in [0.4, 0.5) is 0 Å². The van der Waals surface area contributed by atoms with Crippen molar-refractivity contribution in [2.75, 3.05) is 18.6 Å². The first-order valence-corrected chi connectivity index (χ1v) is 10.5. The molecule has 1 aromatic carbocycles. The number of benzene rings is 1. The second-order valence-corrected chi connectivity index (χ2v) is 9.48.